The lowest BCUT2D eigenvalue weighted by Gasteiger charge is -2.24. The summed E-state index contributed by atoms with van der Waals surface area (Å²) in [5.41, 5.74) is 2.58. The van der Waals surface area contributed by atoms with Gasteiger partial charge in [0.15, 0.2) is 9.79 Å². The minimum Gasteiger partial charge on any atom is -0.606 e. The summed E-state index contributed by atoms with van der Waals surface area (Å²) < 4.78 is 43.1. The first-order valence-electron chi connectivity index (χ1n) is 12.0. The van der Waals surface area contributed by atoms with E-state index in [1.54, 1.807) is 48.9 Å². The molecule has 190 valence electrons. The highest BCUT2D eigenvalue weighted by atomic mass is 32.2. The number of benzene rings is 3. The minimum absolute atomic E-state index is 0.227. The van der Waals surface area contributed by atoms with Crippen molar-refractivity contribution in [1.29, 1.82) is 5.26 Å². The highest BCUT2D eigenvalue weighted by Crippen LogP contribution is 2.26. The van der Waals surface area contributed by atoms with E-state index in [1.807, 2.05) is 54.0 Å². The standard InChI is InChI=1S/C28H28N4O3S2/c1-2-3-17-32(26-13-15-28(16-14-26)36(33)27-7-5-4-6-8-27)37(34,35)21-25-20-31(22-30-25)19-24-11-9-23(18-29)10-12-24/h4-16,20,22H,2-3,17,19,21H2,1H3. The fourth-order valence-corrected chi connectivity index (χ4v) is 6.46. The quantitative estimate of drug-likeness (QED) is 0.250. The number of unbranched alkanes of at least 4 members (excludes halogenated alkanes) is 1. The van der Waals surface area contributed by atoms with Gasteiger partial charge in [-0.3, -0.25) is 4.31 Å². The summed E-state index contributed by atoms with van der Waals surface area (Å²) in [4.78, 5) is 5.63. The molecule has 0 fully saturated rings. The Hall–Kier alpha value is -3.58. The Morgan fingerprint density at radius 1 is 1.00 bits per heavy atom. The van der Waals surface area contributed by atoms with E-state index in [-0.39, 0.29) is 5.75 Å². The molecular formula is C28H28N4O3S2. The Morgan fingerprint density at radius 3 is 2.32 bits per heavy atom. The van der Waals surface area contributed by atoms with Crippen LogP contribution < -0.4 is 4.31 Å². The van der Waals surface area contributed by atoms with Crippen LogP contribution in [0.4, 0.5) is 5.69 Å². The maximum atomic E-state index is 13.5. The van der Waals surface area contributed by atoms with Crippen molar-refractivity contribution < 1.29 is 13.0 Å². The molecule has 0 N–H and O–H groups in total. The van der Waals surface area contributed by atoms with Gasteiger partial charge in [-0.05, 0) is 60.5 Å². The highest BCUT2D eigenvalue weighted by molar-refractivity contribution is 7.92. The van der Waals surface area contributed by atoms with E-state index in [1.165, 1.54) is 4.31 Å². The second kappa shape index (κ2) is 12.1. The predicted octanol–water partition coefficient (Wildman–Crippen LogP) is 5.11. The van der Waals surface area contributed by atoms with Crippen molar-refractivity contribution in [3.8, 4) is 6.07 Å². The van der Waals surface area contributed by atoms with Gasteiger partial charge in [0, 0.05) is 30.5 Å². The summed E-state index contributed by atoms with van der Waals surface area (Å²) in [5, 5.41) is 8.96. The zero-order chi connectivity index (χ0) is 26.3. The topological polar surface area (TPSA) is 102 Å². The van der Waals surface area contributed by atoms with Crippen LogP contribution in [0.5, 0.6) is 0 Å². The molecule has 37 heavy (non-hydrogen) atoms. The maximum absolute atomic E-state index is 13.5. The van der Waals surface area contributed by atoms with Crippen LogP contribution in [0.25, 0.3) is 0 Å². The molecule has 9 heteroatoms. The molecule has 0 radical (unpaired) electrons. The van der Waals surface area contributed by atoms with Crippen LogP contribution in [-0.2, 0) is 33.5 Å². The predicted molar refractivity (Wildman–Crippen MR) is 145 cm³/mol. The number of sulfonamides is 1. The first-order valence-corrected chi connectivity index (χ1v) is 14.7. The Labute approximate surface area is 221 Å². The van der Waals surface area contributed by atoms with Crippen molar-refractivity contribution in [2.24, 2.45) is 0 Å². The Balaban J connectivity index is 1.50. The molecule has 4 rings (SSSR count). The number of imidazole rings is 1. The fraction of sp³-hybridized carbons (Fsp3) is 0.214. The smallest absolute Gasteiger partial charge is 0.240 e. The van der Waals surface area contributed by atoms with Gasteiger partial charge in [-0.2, -0.15) is 5.26 Å². The molecule has 0 bridgehead atoms. The highest BCUT2D eigenvalue weighted by Gasteiger charge is 2.25. The second-order valence-electron chi connectivity index (χ2n) is 8.60. The van der Waals surface area contributed by atoms with E-state index in [9.17, 15) is 13.0 Å². The normalized spacial score (nSPS) is 12.1. The van der Waals surface area contributed by atoms with Crippen LogP contribution in [0.3, 0.4) is 0 Å². The summed E-state index contributed by atoms with van der Waals surface area (Å²) in [6, 6.07) is 25.4. The average Bonchev–Trinajstić information content (AvgIpc) is 3.35. The van der Waals surface area contributed by atoms with Crippen LogP contribution in [0.1, 0.15) is 36.6 Å². The number of anilines is 1. The summed E-state index contributed by atoms with van der Waals surface area (Å²) in [7, 11) is -3.71. The van der Waals surface area contributed by atoms with Crippen molar-refractivity contribution >= 4 is 26.9 Å². The van der Waals surface area contributed by atoms with Crippen molar-refractivity contribution in [1.82, 2.24) is 9.55 Å². The largest absolute Gasteiger partial charge is 0.606 e. The van der Waals surface area contributed by atoms with E-state index in [0.717, 1.165) is 12.0 Å². The minimum atomic E-state index is -3.71. The van der Waals surface area contributed by atoms with E-state index in [0.29, 0.717) is 46.2 Å². The lowest BCUT2D eigenvalue weighted by Crippen LogP contribution is -2.33. The van der Waals surface area contributed by atoms with Crippen LogP contribution in [0.15, 0.2) is 101 Å². The van der Waals surface area contributed by atoms with Gasteiger partial charge in [0.1, 0.15) is 5.75 Å². The van der Waals surface area contributed by atoms with Gasteiger partial charge in [-0.25, -0.2) is 13.4 Å². The van der Waals surface area contributed by atoms with Crippen molar-refractivity contribution in [2.75, 3.05) is 10.8 Å². The molecule has 1 heterocycles. The molecule has 1 aromatic heterocycles. The number of nitrogens with zero attached hydrogens (tertiary/aromatic N) is 4. The molecule has 3 aromatic carbocycles. The third-order valence-corrected chi connectivity index (χ3v) is 8.94. The van der Waals surface area contributed by atoms with E-state index in [2.05, 4.69) is 11.1 Å². The molecule has 0 aliphatic rings. The number of aromatic nitrogens is 2. The van der Waals surface area contributed by atoms with Crippen LogP contribution >= 0.6 is 0 Å². The van der Waals surface area contributed by atoms with Crippen LogP contribution in [0, 0.1) is 11.3 Å². The molecule has 4 aromatic rings. The van der Waals surface area contributed by atoms with Gasteiger partial charge in [0.25, 0.3) is 0 Å². The SMILES string of the molecule is CCCCN(c1ccc([S+]([O-])c2ccccc2)cc1)S(=O)(=O)Cc1cn(Cc2ccc(C#N)cc2)cn1. The lowest BCUT2D eigenvalue weighted by molar-refractivity contribution is 0.587. The van der Waals surface area contributed by atoms with Gasteiger partial charge in [0.05, 0.1) is 29.3 Å². The van der Waals surface area contributed by atoms with E-state index in [4.69, 9.17) is 5.26 Å². The molecule has 0 spiro atoms. The number of hydrogen-bond donors (Lipinski definition) is 0. The molecular weight excluding hydrogens is 504 g/mol. The van der Waals surface area contributed by atoms with Gasteiger partial charge < -0.3 is 9.12 Å². The van der Waals surface area contributed by atoms with Crippen molar-refractivity contribution in [3.05, 3.63) is 108 Å². The number of nitriles is 1. The Kier molecular flexibility index (Phi) is 8.66. The van der Waals surface area contributed by atoms with Gasteiger partial charge in [0.2, 0.25) is 10.0 Å². The monoisotopic (exact) mass is 532 g/mol. The van der Waals surface area contributed by atoms with Crippen molar-refractivity contribution in [3.63, 3.8) is 0 Å². The molecule has 0 saturated heterocycles. The summed E-state index contributed by atoms with van der Waals surface area (Å²) in [6.07, 6.45) is 4.92. The maximum Gasteiger partial charge on any atom is 0.240 e. The Bertz CT molecular complexity index is 1450. The first-order chi connectivity index (χ1) is 17.9. The second-order valence-corrected chi connectivity index (χ2v) is 12.0. The zero-order valence-electron chi connectivity index (χ0n) is 20.5. The molecule has 7 nitrogen and oxygen atoms in total. The zero-order valence-corrected chi connectivity index (χ0v) is 22.2. The summed E-state index contributed by atoms with van der Waals surface area (Å²) in [5.74, 6) is -0.227. The molecule has 0 amide bonds. The number of rotatable bonds is 11. The average molecular weight is 533 g/mol. The van der Waals surface area contributed by atoms with Crippen molar-refractivity contribution in [2.45, 2.75) is 41.9 Å². The van der Waals surface area contributed by atoms with Gasteiger partial charge in [-0.1, -0.05) is 43.7 Å². The third-order valence-electron chi connectivity index (χ3n) is 5.81. The molecule has 1 atom stereocenters. The first kappa shape index (κ1) is 26.5. The van der Waals surface area contributed by atoms with E-state index >= 15 is 0 Å². The van der Waals surface area contributed by atoms with Crippen LogP contribution in [0.2, 0.25) is 0 Å². The summed E-state index contributed by atoms with van der Waals surface area (Å²) >= 11 is -1.34. The summed E-state index contributed by atoms with van der Waals surface area (Å²) in [6.45, 7) is 2.89. The Morgan fingerprint density at radius 2 is 1.68 bits per heavy atom. The molecule has 0 aliphatic heterocycles. The number of hydrogen-bond acceptors (Lipinski definition) is 5. The van der Waals surface area contributed by atoms with Gasteiger partial charge in [-0.15, -0.1) is 0 Å². The lowest BCUT2D eigenvalue weighted by atomic mass is 10.1. The van der Waals surface area contributed by atoms with Crippen LogP contribution in [-0.4, -0.2) is 29.1 Å². The molecule has 0 aliphatic carbocycles. The van der Waals surface area contributed by atoms with Gasteiger partial charge >= 0.3 is 0 Å². The fourth-order valence-electron chi connectivity index (χ4n) is 3.87. The molecule has 0 saturated carbocycles. The molecule has 1 unspecified atom stereocenters. The third kappa shape index (κ3) is 6.80. The van der Waals surface area contributed by atoms with E-state index < -0.39 is 21.2 Å².